The fourth-order valence-corrected chi connectivity index (χ4v) is 2.90. The van der Waals surface area contributed by atoms with Crippen molar-refractivity contribution in [2.24, 2.45) is 7.05 Å². The first kappa shape index (κ1) is 18.6. The van der Waals surface area contributed by atoms with E-state index in [1.807, 2.05) is 54.1 Å². The van der Waals surface area contributed by atoms with E-state index >= 15 is 0 Å². The SMILES string of the molecule is [B]c1ccc(Nc2nc3ccc(Oc4ccnc(C(=O)NC)c4)cc3n2C)cc1. The number of anilines is 2. The van der Waals surface area contributed by atoms with Gasteiger partial charge in [0.15, 0.2) is 0 Å². The lowest BCUT2D eigenvalue weighted by Gasteiger charge is -2.08. The standard InChI is InChI=1S/C21H18BN5O2/c1-23-20(28)18-11-16(9-10-24-18)29-15-7-8-17-19(12-15)27(2)21(26-17)25-14-5-3-13(22)4-6-14/h3-12H,1-2H3,(H,23,28)(H,25,26). The van der Waals surface area contributed by atoms with Gasteiger partial charge in [-0.05, 0) is 30.3 Å². The lowest BCUT2D eigenvalue weighted by atomic mass is 9.96. The van der Waals surface area contributed by atoms with Crippen LogP contribution in [0.1, 0.15) is 10.5 Å². The highest BCUT2D eigenvalue weighted by molar-refractivity contribution is 6.32. The second kappa shape index (κ2) is 7.67. The van der Waals surface area contributed by atoms with E-state index in [-0.39, 0.29) is 5.91 Å². The van der Waals surface area contributed by atoms with Crippen LogP contribution in [0.3, 0.4) is 0 Å². The number of aromatic nitrogens is 3. The van der Waals surface area contributed by atoms with E-state index in [1.165, 1.54) is 6.20 Å². The fourth-order valence-electron chi connectivity index (χ4n) is 2.90. The molecule has 0 saturated carbocycles. The number of nitrogens with zero attached hydrogens (tertiary/aromatic N) is 3. The average molecular weight is 383 g/mol. The molecule has 0 saturated heterocycles. The number of pyridine rings is 1. The van der Waals surface area contributed by atoms with Crippen LogP contribution in [0.15, 0.2) is 60.8 Å². The molecular formula is C21H18BN5O2. The molecule has 7 nitrogen and oxygen atoms in total. The second-order valence-corrected chi connectivity index (χ2v) is 6.45. The summed E-state index contributed by atoms with van der Waals surface area (Å²) in [7, 11) is 9.22. The maximum atomic E-state index is 11.8. The summed E-state index contributed by atoms with van der Waals surface area (Å²) < 4.78 is 7.87. The highest BCUT2D eigenvalue weighted by Crippen LogP contribution is 2.28. The number of benzene rings is 2. The maximum absolute atomic E-state index is 11.8. The van der Waals surface area contributed by atoms with E-state index < -0.39 is 0 Å². The number of nitrogens with one attached hydrogen (secondary N) is 2. The van der Waals surface area contributed by atoms with Gasteiger partial charge in [-0.1, -0.05) is 17.6 Å². The van der Waals surface area contributed by atoms with Crippen LogP contribution in [0.4, 0.5) is 11.6 Å². The molecule has 2 N–H and O–H groups in total. The Hall–Kier alpha value is -3.81. The van der Waals surface area contributed by atoms with E-state index in [0.29, 0.717) is 28.6 Å². The topological polar surface area (TPSA) is 81.1 Å². The van der Waals surface area contributed by atoms with Gasteiger partial charge in [0, 0.05) is 38.1 Å². The van der Waals surface area contributed by atoms with Crippen molar-refractivity contribution >= 4 is 41.9 Å². The van der Waals surface area contributed by atoms with Crippen molar-refractivity contribution in [3.8, 4) is 11.5 Å². The Kier molecular flexibility index (Phi) is 4.91. The quantitative estimate of drug-likeness (QED) is 0.518. The number of fused-ring (bicyclic) bond motifs is 1. The third kappa shape index (κ3) is 3.91. The highest BCUT2D eigenvalue weighted by Gasteiger charge is 2.11. The van der Waals surface area contributed by atoms with E-state index in [4.69, 9.17) is 12.6 Å². The Labute approximate surface area is 169 Å². The van der Waals surface area contributed by atoms with E-state index in [2.05, 4.69) is 20.6 Å². The van der Waals surface area contributed by atoms with Gasteiger partial charge in [0.1, 0.15) is 25.0 Å². The summed E-state index contributed by atoms with van der Waals surface area (Å²) in [4.78, 5) is 20.4. The molecule has 29 heavy (non-hydrogen) atoms. The second-order valence-electron chi connectivity index (χ2n) is 6.45. The molecule has 2 aromatic heterocycles. The van der Waals surface area contributed by atoms with Gasteiger partial charge in [0.25, 0.3) is 5.91 Å². The largest absolute Gasteiger partial charge is 0.457 e. The van der Waals surface area contributed by atoms with Crippen molar-refractivity contribution in [1.29, 1.82) is 0 Å². The zero-order valence-corrected chi connectivity index (χ0v) is 16.0. The van der Waals surface area contributed by atoms with Crippen molar-refractivity contribution < 1.29 is 9.53 Å². The van der Waals surface area contributed by atoms with Gasteiger partial charge < -0.3 is 19.9 Å². The fraction of sp³-hybridized carbons (Fsp3) is 0.0952. The van der Waals surface area contributed by atoms with Crippen LogP contribution >= 0.6 is 0 Å². The molecule has 0 aliphatic heterocycles. The molecular weight excluding hydrogens is 365 g/mol. The molecule has 1 amide bonds. The Bertz CT molecular complexity index is 1190. The minimum Gasteiger partial charge on any atom is -0.457 e. The average Bonchev–Trinajstić information content (AvgIpc) is 3.04. The molecule has 0 spiro atoms. The number of carbonyl (C=O) groups is 1. The maximum Gasteiger partial charge on any atom is 0.269 e. The van der Waals surface area contributed by atoms with Gasteiger partial charge in [-0.2, -0.15) is 0 Å². The Morgan fingerprint density at radius 2 is 1.83 bits per heavy atom. The minimum atomic E-state index is -0.268. The molecule has 4 aromatic rings. The first-order chi connectivity index (χ1) is 14.0. The Morgan fingerprint density at radius 3 is 2.59 bits per heavy atom. The van der Waals surface area contributed by atoms with Crippen LogP contribution in [0.25, 0.3) is 11.0 Å². The van der Waals surface area contributed by atoms with Crippen molar-refractivity contribution in [2.75, 3.05) is 12.4 Å². The van der Waals surface area contributed by atoms with Gasteiger partial charge in [-0.3, -0.25) is 9.78 Å². The van der Waals surface area contributed by atoms with Gasteiger partial charge in [-0.15, -0.1) is 0 Å². The molecule has 142 valence electrons. The smallest absolute Gasteiger partial charge is 0.269 e. The van der Waals surface area contributed by atoms with E-state index in [9.17, 15) is 4.79 Å². The number of carbonyl (C=O) groups excluding carboxylic acids is 1. The van der Waals surface area contributed by atoms with Crippen molar-refractivity contribution in [3.05, 3.63) is 66.5 Å². The molecule has 0 bridgehead atoms. The molecule has 0 fully saturated rings. The molecule has 2 heterocycles. The number of aryl methyl sites for hydroxylation is 1. The third-order valence-corrected chi connectivity index (χ3v) is 4.45. The zero-order valence-electron chi connectivity index (χ0n) is 16.0. The predicted octanol–water partition coefficient (Wildman–Crippen LogP) is 2.66. The summed E-state index contributed by atoms with van der Waals surface area (Å²) >= 11 is 0. The van der Waals surface area contributed by atoms with Crippen LogP contribution in [0.5, 0.6) is 11.5 Å². The monoisotopic (exact) mass is 383 g/mol. The third-order valence-electron chi connectivity index (χ3n) is 4.45. The molecule has 0 aliphatic rings. The molecule has 4 rings (SSSR count). The molecule has 2 aromatic carbocycles. The minimum absolute atomic E-state index is 0.268. The van der Waals surface area contributed by atoms with E-state index in [0.717, 1.165) is 16.7 Å². The molecule has 0 aliphatic carbocycles. The highest BCUT2D eigenvalue weighted by atomic mass is 16.5. The molecule has 2 radical (unpaired) electrons. The molecule has 0 unspecified atom stereocenters. The molecule has 0 atom stereocenters. The first-order valence-electron chi connectivity index (χ1n) is 8.98. The van der Waals surface area contributed by atoms with Crippen molar-refractivity contribution in [1.82, 2.24) is 19.9 Å². The number of hydrogen-bond donors (Lipinski definition) is 2. The molecule has 8 heteroatoms. The van der Waals surface area contributed by atoms with Crippen LogP contribution < -0.4 is 20.8 Å². The van der Waals surface area contributed by atoms with Crippen LogP contribution in [0, 0.1) is 0 Å². The summed E-state index contributed by atoms with van der Waals surface area (Å²) in [6.07, 6.45) is 1.54. The summed E-state index contributed by atoms with van der Waals surface area (Å²) in [5, 5.41) is 5.83. The number of rotatable bonds is 5. The van der Waals surface area contributed by atoms with E-state index in [1.54, 1.807) is 19.2 Å². The summed E-state index contributed by atoms with van der Waals surface area (Å²) in [5.41, 5.74) is 3.63. The number of ether oxygens (including phenoxy) is 1. The Balaban J connectivity index is 1.60. The van der Waals surface area contributed by atoms with Gasteiger partial charge in [0.05, 0.1) is 11.0 Å². The van der Waals surface area contributed by atoms with Crippen LogP contribution in [0.2, 0.25) is 0 Å². The van der Waals surface area contributed by atoms with Crippen LogP contribution in [-0.2, 0) is 7.05 Å². The predicted molar refractivity (Wildman–Crippen MR) is 114 cm³/mol. The first-order valence-corrected chi connectivity index (χ1v) is 8.98. The Morgan fingerprint density at radius 1 is 1.07 bits per heavy atom. The van der Waals surface area contributed by atoms with Crippen LogP contribution in [-0.4, -0.2) is 35.3 Å². The number of hydrogen-bond acceptors (Lipinski definition) is 5. The summed E-state index contributed by atoms with van der Waals surface area (Å²) in [5.74, 6) is 1.59. The van der Waals surface area contributed by atoms with Gasteiger partial charge in [0.2, 0.25) is 5.95 Å². The zero-order chi connectivity index (χ0) is 20.4. The number of imidazole rings is 1. The summed E-state index contributed by atoms with van der Waals surface area (Å²) in [6, 6.07) is 16.4. The normalized spacial score (nSPS) is 10.7. The van der Waals surface area contributed by atoms with Crippen molar-refractivity contribution in [2.45, 2.75) is 0 Å². The summed E-state index contributed by atoms with van der Waals surface area (Å²) in [6.45, 7) is 0. The lowest BCUT2D eigenvalue weighted by Crippen LogP contribution is -2.18. The van der Waals surface area contributed by atoms with Gasteiger partial charge >= 0.3 is 0 Å². The lowest BCUT2D eigenvalue weighted by molar-refractivity contribution is 0.0958. The van der Waals surface area contributed by atoms with Gasteiger partial charge in [-0.25, -0.2) is 4.98 Å². The van der Waals surface area contributed by atoms with Crippen molar-refractivity contribution in [3.63, 3.8) is 0 Å². The number of amides is 1.